The van der Waals surface area contributed by atoms with Crippen molar-refractivity contribution >= 4 is 33.5 Å². The number of anilines is 1. The zero-order valence-electron chi connectivity index (χ0n) is 20.7. The van der Waals surface area contributed by atoms with Crippen LogP contribution in [0.1, 0.15) is 30.0 Å². The predicted molar refractivity (Wildman–Crippen MR) is 134 cm³/mol. The van der Waals surface area contributed by atoms with E-state index in [0.717, 1.165) is 5.39 Å². The number of aliphatic hydroxyl groups is 2. The average molecular weight is 510 g/mol. The second-order valence-corrected chi connectivity index (χ2v) is 9.50. The third kappa shape index (κ3) is 4.49. The van der Waals surface area contributed by atoms with Gasteiger partial charge in [0, 0.05) is 23.4 Å². The number of carbonyl (C=O) groups excluding carboxylic acids is 1. The fraction of sp³-hybridized carbons (Fsp3) is 0.333. The maximum atomic E-state index is 12.7. The van der Waals surface area contributed by atoms with Crippen molar-refractivity contribution in [2.75, 3.05) is 12.4 Å². The molecule has 1 saturated heterocycles. The van der Waals surface area contributed by atoms with Crippen molar-refractivity contribution in [2.45, 2.75) is 51.0 Å². The number of para-hydroxylation sites is 1. The molecule has 10 nitrogen and oxygen atoms in total. The third-order valence-electron chi connectivity index (χ3n) is 6.54. The molecular weight excluding hydrogens is 482 g/mol. The fourth-order valence-electron chi connectivity index (χ4n) is 4.63. The highest BCUT2D eigenvalue weighted by atomic mass is 16.7. The Morgan fingerprint density at radius 2 is 1.78 bits per heavy atom. The van der Waals surface area contributed by atoms with E-state index < -0.39 is 41.7 Å². The van der Waals surface area contributed by atoms with Crippen molar-refractivity contribution in [3.8, 4) is 5.75 Å². The Morgan fingerprint density at radius 3 is 2.51 bits per heavy atom. The summed E-state index contributed by atoms with van der Waals surface area (Å²) < 4.78 is 28.1. The zero-order valence-corrected chi connectivity index (χ0v) is 20.7. The number of nitrogens with one attached hydrogen (secondary N) is 1. The quantitative estimate of drug-likeness (QED) is 0.345. The molecule has 2 aromatic carbocycles. The average Bonchev–Trinajstić information content (AvgIpc) is 3.30. The zero-order chi connectivity index (χ0) is 26.5. The fourth-order valence-corrected chi connectivity index (χ4v) is 4.63. The number of ether oxygens (including phenoxy) is 3. The molecule has 0 bridgehead atoms. The first-order valence-corrected chi connectivity index (χ1v) is 11.7. The van der Waals surface area contributed by atoms with Crippen molar-refractivity contribution in [1.29, 1.82) is 0 Å². The van der Waals surface area contributed by atoms with E-state index in [2.05, 4.69) is 5.32 Å². The molecular formula is C27H27NO9. The highest BCUT2D eigenvalue weighted by molar-refractivity contribution is 6.05. The normalized spacial score (nSPS) is 23.3. The van der Waals surface area contributed by atoms with Gasteiger partial charge in [-0.25, -0.2) is 4.79 Å². The van der Waals surface area contributed by atoms with Crippen molar-refractivity contribution in [3.63, 3.8) is 0 Å². The van der Waals surface area contributed by atoms with Crippen LogP contribution in [0, 0.1) is 6.92 Å². The van der Waals surface area contributed by atoms with E-state index in [0.29, 0.717) is 16.5 Å². The van der Waals surface area contributed by atoms with Crippen molar-refractivity contribution in [2.24, 2.45) is 0 Å². The topological polar surface area (TPSA) is 141 Å². The second kappa shape index (κ2) is 9.31. The molecule has 1 aliphatic heterocycles. The summed E-state index contributed by atoms with van der Waals surface area (Å²) in [7, 11) is 1.43. The van der Waals surface area contributed by atoms with Crippen molar-refractivity contribution in [1.82, 2.24) is 0 Å². The van der Waals surface area contributed by atoms with Gasteiger partial charge in [0.25, 0.3) is 5.91 Å². The molecule has 10 heteroatoms. The number of hydrogen-bond donors (Lipinski definition) is 3. The van der Waals surface area contributed by atoms with E-state index in [-0.39, 0.29) is 22.8 Å². The van der Waals surface area contributed by atoms with Gasteiger partial charge in [-0.05, 0) is 51.1 Å². The van der Waals surface area contributed by atoms with Gasteiger partial charge in [0.15, 0.2) is 5.76 Å². The summed E-state index contributed by atoms with van der Waals surface area (Å²) in [6, 6.07) is 13.6. The molecule has 3 N–H and O–H groups in total. The summed E-state index contributed by atoms with van der Waals surface area (Å²) in [6.45, 7) is 5.13. The van der Waals surface area contributed by atoms with E-state index >= 15 is 0 Å². The van der Waals surface area contributed by atoms with Gasteiger partial charge in [0.2, 0.25) is 6.29 Å². The summed E-state index contributed by atoms with van der Waals surface area (Å²) >= 11 is 0. The largest absolute Gasteiger partial charge is 0.462 e. The van der Waals surface area contributed by atoms with Crippen molar-refractivity contribution < 1.29 is 38.1 Å². The number of furan rings is 1. The monoisotopic (exact) mass is 509 g/mol. The number of fused-ring (bicyclic) bond motifs is 2. The lowest BCUT2D eigenvalue weighted by atomic mass is 9.89. The standard InChI is InChI=1S/C27H27NO9/c1-13-17(35-26-21(30)20(29)23(33-4)27(2,3)37-26)10-9-15-11-16(25(32)36-22(13)15)28-24(31)19-12-14-7-5-6-8-18(14)34-19/h5-12,20-21,23,26,29-30H,1-4H3,(H,28,31). The van der Waals surface area contributed by atoms with Crippen LogP contribution in [0.5, 0.6) is 5.75 Å². The number of benzene rings is 2. The molecule has 4 atom stereocenters. The molecule has 0 radical (unpaired) electrons. The van der Waals surface area contributed by atoms with Gasteiger partial charge >= 0.3 is 5.63 Å². The molecule has 37 heavy (non-hydrogen) atoms. The number of carbonyl (C=O) groups is 1. The van der Waals surface area contributed by atoms with Crippen LogP contribution in [0.3, 0.4) is 0 Å². The molecule has 0 spiro atoms. The SMILES string of the molecule is COC1C(O)C(O)C(Oc2ccc3cc(NC(=O)c4cc5ccccc5o4)c(=O)oc3c2C)OC1(C)C. The Hall–Kier alpha value is -3.70. The van der Waals surface area contributed by atoms with Crippen molar-refractivity contribution in [3.05, 3.63) is 70.3 Å². The smallest absolute Gasteiger partial charge is 0.360 e. The molecule has 3 heterocycles. The number of amides is 1. The number of aryl methyl sites for hydroxylation is 1. The van der Waals surface area contributed by atoms with E-state index in [4.69, 9.17) is 23.0 Å². The van der Waals surface area contributed by atoms with Crippen LogP contribution in [-0.4, -0.2) is 53.4 Å². The molecule has 4 unspecified atom stereocenters. The number of aliphatic hydroxyl groups excluding tert-OH is 2. The molecule has 0 saturated carbocycles. The van der Waals surface area contributed by atoms with Crippen LogP contribution < -0.4 is 15.7 Å². The Kier molecular flexibility index (Phi) is 6.28. The number of methoxy groups -OCH3 is 1. The van der Waals surface area contributed by atoms with E-state index in [1.807, 2.05) is 12.1 Å². The third-order valence-corrected chi connectivity index (χ3v) is 6.54. The molecule has 1 fully saturated rings. The summed E-state index contributed by atoms with van der Waals surface area (Å²) in [5.41, 5.74) is -0.478. The first-order valence-electron chi connectivity index (χ1n) is 11.7. The van der Waals surface area contributed by atoms with Crippen LogP contribution in [-0.2, 0) is 9.47 Å². The van der Waals surface area contributed by atoms with Gasteiger partial charge in [-0.3, -0.25) is 4.79 Å². The molecule has 1 aliphatic rings. The summed E-state index contributed by atoms with van der Waals surface area (Å²) in [5.74, 6) is -0.233. The van der Waals surface area contributed by atoms with Crippen LogP contribution in [0.4, 0.5) is 5.69 Å². The number of rotatable bonds is 5. The maximum absolute atomic E-state index is 12.7. The minimum Gasteiger partial charge on any atom is -0.462 e. The Labute approximate surface area is 211 Å². The van der Waals surface area contributed by atoms with Crippen LogP contribution in [0.2, 0.25) is 0 Å². The Balaban J connectivity index is 1.40. The molecule has 194 valence electrons. The number of hydrogen-bond acceptors (Lipinski definition) is 9. The molecule has 0 aliphatic carbocycles. The first kappa shape index (κ1) is 25.0. The summed E-state index contributed by atoms with van der Waals surface area (Å²) in [6.07, 6.45) is -4.57. The van der Waals surface area contributed by atoms with E-state index in [9.17, 15) is 19.8 Å². The lowest BCUT2D eigenvalue weighted by molar-refractivity contribution is -0.306. The predicted octanol–water partition coefficient (Wildman–Crippen LogP) is 3.35. The van der Waals surface area contributed by atoms with Crippen LogP contribution in [0.15, 0.2) is 62.2 Å². The van der Waals surface area contributed by atoms with Gasteiger partial charge < -0.3 is 38.6 Å². The second-order valence-electron chi connectivity index (χ2n) is 9.50. The molecule has 4 aromatic rings. The van der Waals surface area contributed by atoms with E-state index in [1.54, 1.807) is 51.1 Å². The Morgan fingerprint density at radius 1 is 1.03 bits per heavy atom. The maximum Gasteiger partial charge on any atom is 0.360 e. The minimum atomic E-state index is -1.38. The summed E-state index contributed by atoms with van der Waals surface area (Å²) in [4.78, 5) is 25.4. The highest BCUT2D eigenvalue weighted by Crippen LogP contribution is 2.35. The van der Waals surface area contributed by atoms with Gasteiger partial charge in [-0.1, -0.05) is 18.2 Å². The Bertz CT molecular complexity index is 1500. The van der Waals surface area contributed by atoms with Crippen LogP contribution in [0.25, 0.3) is 21.9 Å². The lowest BCUT2D eigenvalue weighted by Crippen LogP contribution is -2.63. The van der Waals surface area contributed by atoms with Gasteiger partial charge in [0.05, 0.1) is 5.60 Å². The van der Waals surface area contributed by atoms with Crippen LogP contribution >= 0.6 is 0 Å². The molecule has 1 amide bonds. The lowest BCUT2D eigenvalue weighted by Gasteiger charge is -2.46. The van der Waals surface area contributed by atoms with Gasteiger partial charge in [-0.2, -0.15) is 0 Å². The summed E-state index contributed by atoms with van der Waals surface area (Å²) in [5, 5.41) is 24.9. The first-order chi connectivity index (χ1) is 17.6. The highest BCUT2D eigenvalue weighted by Gasteiger charge is 2.50. The molecule has 2 aromatic heterocycles. The van der Waals surface area contributed by atoms with Gasteiger partial charge in [0.1, 0.15) is 40.9 Å². The minimum absolute atomic E-state index is 0.0486. The van der Waals surface area contributed by atoms with Gasteiger partial charge in [-0.15, -0.1) is 0 Å². The van der Waals surface area contributed by atoms with E-state index in [1.165, 1.54) is 13.2 Å². The molecule has 5 rings (SSSR count).